The molecule has 1 amide bonds. The number of fused-ring (bicyclic) bond motifs is 1. The van der Waals surface area contributed by atoms with Gasteiger partial charge < -0.3 is 14.1 Å². The van der Waals surface area contributed by atoms with Crippen molar-refractivity contribution in [1.29, 1.82) is 0 Å². The number of likely N-dealkylation sites (tertiary alicyclic amines) is 1. The summed E-state index contributed by atoms with van der Waals surface area (Å²) >= 11 is 1.62. The highest BCUT2D eigenvalue weighted by Crippen LogP contribution is 2.36. The first-order valence-electron chi connectivity index (χ1n) is 7.93. The van der Waals surface area contributed by atoms with E-state index in [2.05, 4.69) is 10.2 Å². The van der Waals surface area contributed by atoms with Gasteiger partial charge in [0.05, 0.1) is 24.5 Å². The molecule has 0 unspecified atom stereocenters. The van der Waals surface area contributed by atoms with Gasteiger partial charge in [0.1, 0.15) is 0 Å². The molecule has 0 radical (unpaired) electrons. The quantitative estimate of drug-likeness (QED) is 0.861. The lowest BCUT2D eigenvalue weighted by molar-refractivity contribution is -0.136. The van der Waals surface area contributed by atoms with Crippen LogP contribution in [0.1, 0.15) is 36.1 Å². The van der Waals surface area contributed by atoms with Crippen molar-refractivity contribution in [2.45, 2.75) is 44.2 Å². The topological polar surface area (TPSA) is 68.5 Å². The van der Waals surface area contributed by atoms with Crippen LogP contribution in [-0.2, 0) is 16.0 Å². The van der Waals surface area contributed by atoms with Crippen molar-refractivity contribution in [2.75, 3.05) is 13.2 Å². The van der Waals surface area contributed by atoms with Gasteiger partial charge in [-0.15, -0.1) is 10.2 Å². The summed E-state index contributed by atoms with van der Waals surface area (Å²) in [4.78, 5) is 14.8. The van der Waals surface area contributed by atoms with E-state index in [0.29, 0.717) is 31.4 Å². The first kappa shape index (κ1) is 14.8. The summed E-state index contributed by atoms with van der Waals surface area (Å²) in [6, 6.07) is 2.19. The van der Waals surface area contributed by atoms with Crippen molar-refractivity contribution in [1.82, 2.24) is 15.1 Å². The second-order valence-electron chi connectivity index (χ2n) is 6.21. The van der Waals surface area contributed by atoms with Gasteiger partial charge in [-0.3, -0.25) is 4.79 Å². The molecule has 6 nitrogen and oxygen atoms in total. The zero-order chi connectivity index (χ0) is 15.8. The minimum Gasteiger partial charge on any atom is -0.425 e. The van der Waals surface area contributed by atoms with Crippen LogP contribution in [-0.4, -0.2) is 46.3 Å². The van der Waals surface area contributed by atoms with Crippen molar-refractivity contribution >= 4 is 17.2 Å². The van der Waals surface area contributed by atoms with E-state index in [4.69, 9.17) is 9.15 Å². The third kappa shape index (κ3) is 2.90. The molecule has 122 valence electrons. The number of aryl methyl sites for hydroxylation is 1. The maximum Gasteiger partial charge on any atom is 0.227 e. The summed E-state index contributed by atoms with van der Waals surface area (Å²) in [6.07, 6.45) is 2.28. The van der Waals surface area contributed by atoms with E-state index in [9.17, 15) is 4.79 Å². The molecule has 3 atom stereocenters. The minimum atomic E-state index is 0.0574. The number of ether oxygens (including phenoxy) is 1. The van der Waals surface area contributed by atoms with Gasteiger partial charge in [0.15, 0.2) is 0 Å². The maximum atomic E-state index is 12.8. The Kier molecular flexibility index (Phi) is 3.90. The lowest BCUT2D eigenvalue weighted by Crippen LogP contribution is -2.51. The van der Waals surface area contributed by atoms with E-state index in [1.807, 2.05) is 21.7 Å². The molecule has 2 aliphatic heterocycles. The van der Waals surface area contributed by atoms with Crippen LogP contribution in [0.3, 0.4) is 0 Å². The molecular weight excluding hydrogens is 314 g/mol. The van der Waals surface area contributed by atoms with Crippen LogP contribution in [0.5, 0.6) is 0 Å². The Morgan fingerprint density at radius 3 is 3.13 bits per heavy atom. The van der Waals surface area contributed by atoms with Gasteiger partial charge in [0.2, 0.25) is 17.7 Å². The third-order valence-corrected chi connectivity index (χ3v) is 5.39. The molecule has 4 rings (SSSR count). The predicted molar refractivity (Wildman–Crippen MR) is 84.3 cm³/mol. The number of carbonyl (C=O) groups is 1. The number of hydrogen-bond donors (Lipinski definition) is 0. The van der Waals surface area contributed by atoms with Crippen LogP contribution in [0, 0.1) is 6.92 Å². The number of thiophene rings is 1. The van der Waals surface area contributed by atoms with Crippen LogP contribution in [0.25, 0.3) is 0 Å². The van der Waals surface area contributed by atoms with Crippen molar-refractivity contribution < 1.29 is 13.9 Å². The Balaban J connectivity index is 1.54. The fourth-order valence-corrected chi connectivity index (χ4v) is 4.23. The zero-order valence-corrected chi connectivity index (χ0v) is 13.8. The molecule has 2 aromatic rings. The molecule has 0 N–H and O–H groups in total. The van der Waals surface area contributed by atoms with Crippen molar-refractivity contribution in [3.8, 4) is 0 Å². The molecule has 4 heterocycles. The van der Waals surface area contributed by atoms with E-state index < -0.39 is 0 Å². The molecule has 0 spiro atoms. The highest BCUT2D eigenvalue weighted by Gasteiger charge is 2.43. The summed E-state index contributed by atoms with van der Waals surface area (Å²) in [5, 5.41) is 12.1. The van der Waals surface area contributed by atoms with E-state index in [1.54, 1.807) is 18.3 Å². The Morgan fingerprint density at radius 2 is 2.39 bits per heavy atom. The highest BCUT2D eigenvalue weighted by molar-refractivity contribution is 7.07. The monoisotopic (exact) mass is 333 g/mol. The minimum absolute atomic E-state index is 0.0574. The first-order valence-corrected chi connectivity index (χ1v) is 8.87. The molecule has 23 heavy (non-hydrogen) atoms. The molecule has 2 aliphatic rings. The summed E-state index contributed by atoms with van der Waals surface area (Å²) in [5.74, 6) is 1.39. The van der Waals surface area contributed by atoms with E-state index in [-0.39, 0.29) is 24.0 Å². The van der Waals surface area contributed by atoms with Gasteiger partial charge in [0, 0.05) is 20.1 Å². The number of nitrogens with zero attached hydrogens (tertiary/aromatic N) is 3. The lowest BCUT2D eigenvalue weighted by atomic mass is 9.89. The number of aromatic nitrogens is 2. The SMILES string of the molecule is Cc1nnc([C@H]2C[C@H]3OCC[C@H]3N(C(=O)Cc3ccsc3)C2)o1. The average molecular weight is 333 g/mol. The highest BCUT2D eigenvalue weighted by atomic mass is 32.1. The summed E-state index contributed by atoms with van der Waals surface area (Å²) in [5.41, 5.74) is 1.08. The average Bonchev–Trinajstić information content (AvgIpc) is 3.26. The smallest absolute Gasteiger partial charge is 0.227 e. The fraction of sp³-hybridized carbons (Fsp3) is 0.562. The summed E-state index contributed by atoms with van der Waals surface area (Å²) in [6.45, 7) is 3.13. The van der Waals surface area contributed by atoms with Crippen LogP contribution in [0.4, 0.5) is 0 Å². The molecule has 2 fully saturated rings. The Hall–Kier alpha value is -1.73. The zero-order valence-electron chi connectivity index (χ0n) is 13.0. The van der Waals surface area contributed by atoms with Gasteiger partial charge >= 0.3 is 0 Å². The Bertz CT molecular complexity index is 685. The number of piperidine rings is 1. The molecule has 0 aliphatic carbocycles. The van der Waals surface area contributed by atoms with Crippen LogP contribution in [0.2, 0.25) is 0 Å². The number of rotatable bonds is 3. The maximum absolute atomic E-state index is 12.8. The third-order valence-electron chi connectivity index (χ3n) is 4.66. The number of carbonyl (C=O) groups excluding carboxylic acids is 1. The predicted octanol–water partition coefficient (Wildman–Crippen LogP) is 2.16. The molecule has 0 saturated carbocycles. The normalized spacial score (nSPS) is 27.2. The van der Waals surface area contributed by atoms with Crippen molar-refractivity contribution in [3.05, 3.63) is 34.2 Å². The second-order valence-corrected chi connectivity index (χ2v) is 6.99. The van der Waals surface area contributed by atoms with E-state index in [1.165, 1.54) is 0 Å². The van der Waals surface area contributed by atoms with Gasteiger partial charge in [-0.1, -0.05) is 0 Å². The molecular formula is C16H19N3O3S. The summed E-state index contributed by atoms with van der Waals surface area (Å²) in [7, 11) is 0. The van der Waals surface area contributed by atoms with Crippen LogP contribution in [0.15, 0.2) is 21.2 Å². The van der Waals surface area contributed by atoms with Gasteiger partial charge in [-0.05, 0) is 35.2 Å². The van der Waals surface area contributed by atoms with Crippen molar-refractivity contribution in [3.63, 3.8) is 0 Å². The fourth-order valence-electron chi connectivity index (χ4n) is 3.56. The number of hydrogen-bond acceptors (Lipinski definition) is 6. The van der Waals surface area contributed by atoms with Crippen molar-refractivity contribution in [2.24, 2.45) is 0 Å². The van der Waals surface area contributed by atoms with E-state index >= 15 is 0 Å². The second kappa shape index (κ2) is 6.05. The lowest BCUT2D eigenvalue weighted by Gasteiger charge is -2.39. The molecule has 0 aromatic carbocycles. The largest absolute Gasteiger partial charge is 0.425 e. The standard InChI is InChI=1S/C16H19N3O3S/c1-10-17-18-16(22-10)12-7-14-13(2-4-21-14)19(8-12)15(20)6-11-3-5-23-9-11/h3,5,9,12-14H,2,4,6-8H2,1H3/t12-,13+,14+/m0/s1. The molecule has 2 saturated heterocycles. The van der Waals surface area contributed by atoms with Crippen LogP contribution >= 0.6 is 11.3 Å². The van der Waals surface area contributed by atoms with E-state index in [0.717, 1.165) is 18.4 Å². The van der Waals surface area contributed by atoms with Gasteiger partial charge in [0.25, 0.3) is 0 Å². The number of amides is 1. The molecule has 7 heteroatoms. The Labute approximate surface area is 138 Å². The molecule has 2 aromatic heterocycles. The van der Waals surface area contributed by atoms with Gasteiger partial charge in [-0.2, -0.15) is 11.3 Å². The summed E-state index contributed by atoms with van der Waals surface area (Å²) < 4.78 is 11.4. The first-order chi connectivity index (χ1) is 11.2. The Morgan fingerprint density at radius 1 is 1.48 bits per heavy atom. The van der Waals surface area contributed by atoms with Crippen LogP contribution < -0.4 is 0 Å². The molecule has 0 bridgehead atoms. The van der Waals surface area contributed by atoms with Gasteiger partial charge in [-0.25, -0.2) is 0 Å².